The van der Waals surface area contributed by atoms with Crippen LogP contribution in [0.5, 0.6) is 0 Å². The summed E-state index contributed by atoms with van der Waals surface area (Å²) in [6, 6.07) is 0. The number of nitrogens with one attached hydrogen (secondary N) is 1. The summed E-state index contributed by atoms with van der Waals surface area (Å²) in [5.41, 5.74) is 0.709. The largest absolute Gasteiger partial charge is 0.481 e. The van der Waals surface area contributed by atoms with E-state index in [0.717, 1.165) is 12.8 Å². The Hall–Kier alpha value is -1.78. The second-order valence-electron chi connectivity index (χ2n) is 5.01. The van der Waals surface area contributed by atoms with Crippen LogP contribution in [0.25, 0.3) is 0 Å². The number of carbonyl (C=O) groups excluding carboxylic acids is 1. The van der Waals surface area contributed by atoms with Crippen LogP contribution < -0.4 is 5.32 Å². The molecule has 0 unspecified atom stereocenters. The van der Waals surface area contributed by atoms with Gasteiger partial charge in [0.1, 0.15) is 12.2 Å². The van der Waals surface area contributed by atoms with E-state index in [1.54, 1.807) is 6.92 Å². The Morgan fingerprint density at radius 1 is 1.37 bits per heavy atom. The quantitative estimate of drug-likeness (QED) is 0.830. The van der Waals surface area contributed by atoms with E-state index in [1.807, 2.05) is 20.8 Å². The summed E-state index contributed by atoms with van der Waals surface area (Å²) in [6.45, 7) is 7.71. The molecule has 5 nitrogen and oxygen atoms in total. The van der Waals surface area contributed by atoms with Gasteiger partial charge in [-0.2, -0.15) is 0 Å². The molecule has 0 aliphatic carbocycles. The Bertz CT molecular complexity index is 472. The van der Waals surface area contributed by atoms with Crippen molar-refractivity contribution in [1.29, 1.82) is 0 Å². The monoisotopic (exact) mass is 267 g/mol. The van der Waals surface area contributed by atoms with Crippen LogP contribution in [-0.2, 0) is 11.2 Å². The fourth-order valence-corrected chi connectivity index (χ4v) is 1.83. The molecule has 0 aromatic carbocycles. The first-order valence-electron chi connectivity index (χ1n) is 6.44. The molecule has 0 saturated heterocycles. The average molecular weight is 267 g/mol. The van der Waals surface area contributed by atoms with E-state index in [4.69, 9.17) is 9.52 Å². The highest BCUT2D eigenvalue weighted by molar-refractivity contribution is 5.97. The second kappa shape index (κ2) is 5.91. The van der Waals surface area contributed by atoms with Gasteiger partial charge in [-0.05, 0) is 26.7 Å². The highest BCUT2D eigenvalue weighted by Crippen LogP contribution is 2.20. The molecule has 0 fully saturated rings. The standard InChI is InChI=1S/C14H21NO4/c1-5-14(4,6-2)15-13(18)12-9(3)8-19-10(12)7-11(16)17/h8H,5-7H2,1-4H3,(H,15,18)(H,16,17). The van der Waals surface area contributed by atoms with Gasteiger partial charge < -0.3 is 14.8 Å². The molecule has 0 spiro atoms. The van der Waals surface area contributed by atoms with Gasteiger partial charge in [0.25, 0.3) is 5.91 Å². The number of hydrogen-bond acceptors (Lipinski definition) is 3. The summed E-state index contributed by atoms with van der Waals surface area (Å²) in [7, 11) is 0. The lowest BCUT2D eigenvalue weighted by Gasteiger charge is -2.28. The lowest BCUT2D eigenvalue weighted by Crippen LogP contribution is -2.45. The first-order valence-corrected chi connectivity index (χ1v) is 6.44. The summed E-state index contributed by atoms with van der Waals surface area (Å²) in [6.07, 6.45) is 2.74. The molecule has 2 N–H and O–H groups in total. The molecule has 1 aromatic rings. The van der Waals surface area contributed by atoms with Crippen LogP contribution in [0.3, 0.4) is 0 Å². The third kappa shape index (κ3) is 3.59. The normalized spacial score (nSPS) is 11.4. The van der Waals surface area contributed by atoms with Crippen LogP contribution in [0.4, 0.5) is 0 Å². The molecular weight excluding hydrogens is 246 g/mol. The minimum Gasteiger partial charge on any atom is -0.481 e. The van der Waals surface area contributed by atoms with Crippen LogP contribution in [0.2, 0.25) is 0 Å². The predicted octanol–water partition coefficient (Wildman–Crippen LogP) is 2.52. The third-order valence-corrected chi connectivity index (χ3v) is 3.57. The highest BCUT2D eigenvalue weighted by Gasteiger charge is 2.27. The van der Waals surface area contributed by atoms with Gasteiger partial charge in [-0.3, -0.25) is 9.59 Å². The minimum absolute atomic E-state index is 0.206. The van der Waals surface area contributed by atoms with E-state index in [-0.39, 0.29) is 23.6 Å². The number of furan rings is 1. The fourth-order valence-electron chi connectivity index (χ4n) is 1.83. The number of aliphatic carboxylic acids is 1. The average Bonchev–Trinajstić information content (AvgIpc) is 2.69. The van der Waals surface area contributed by atoms with Crippen molar-refractivity contribution in [3.05, 3.63) is 23.2 Å². The van der Waals surface area contributed by atoms with Crippen LogP contribution >= 0.6 is 0 Å². The predicted molar refractivity (Wildman–Crippen MR) is 71.2 cm³/mol. The summed E-state index contributed by atoms with van der Waals surface area (Å²) in [4.78, 5) is 23.1. The smallest absolute Gasteiger partial charge is 0.311 e. The maximum Gasteiger partial charge on any atom is 0.311 e. The van der Waals surface area contributed by atoms with Crippen LogP contribution in [0.15, 0.2) is 10.7 Å². The van der Waals surface area contributed by atoms with Gasteiger partial charge in [0, 0.05) is 11.1 Å². The Labute approximate surface area is 113 Å². The Balaban J connectivity index is 2.99. The van der Waals surface area contributed by atoms with Gasteiger partial charge in [-0.25, -0.2) is 0 Å². The SMILES string of the molecule is CCC(C)(CC)NC(=O)c1c(C)coc1CC(=O)O. The number of carboxylic acid groups (broad SMARTS) is 1. The van der Waals surface area contributed by atoms with E-state index in [2.05, 4.69) is 5.32 Å². The van der Waals surface area contributed by atoms with E-state index >= 15 is 0 Å². The first kappa shape index (κ1) is 15.3. The number of carbonyl (C=O) groups is 2. The maximum atomic E-state index is 12.3. The van der Waals surface area contributed by atoms with Crippen molar-refractivity contribution in [1.82, 2.24) is 5.32 Å². The van der Waals surface area contributed by atoms with Gasteiger partial charge in [-0.1, -0.05) is 13.8 Å². The van der Waals surface area contributed by atoms with Crippen molar-refractivity contribution in [2.45, 2.75) is 52.5 Å². The Kier molecular flexibility index (Phi) is 4.75. The van der Waals surface area contributed by atoms with Crippen molar-refractivity contribution in [3.63, 3.8) is 0 Å². The molecule has 1 aromatic heterocycles. The zero-order valence-corrected chi connectivity index (χ0v) is 11.9. The molecule has 106 valence electrons. The summed E-state index contributed by atoms with van der Waals surface area (Å²) >= 11 is 0. The van der Waals surface area contributed by atoms with E-state index < -0.39 is 5.97 Å². The molecule has 19 heavy (non-hydrogen) atoms. The third-order valence-electron chi connectivity index (χ3n) is 3.57. The van der Waals surface area contributed by atoms with Gasteiger partial charge in [0.2, 0.25) is 0 Å². The molecule has 0 saturated carbocycles. The number of aryl methyl sites for hydroxylation is 1. The number of amides is 1. The molecule has 0 aliphatic rings. The number of rotatable bonds is 6. The molecule has 1 heterocycles. The van der Waals surface area contributed by atoms with Gasteiger partial charge in [-0.15, -0.1) is 0 Å². The van der Waals surface area contributed by atoms with Crippen molar-refractivity contribution in [2.75, 3.05) is 0 Å². The fraction of sp³-hybridized carbons (Fsp3) is 0.571. The van der Waals surface area contributed by atoms with Crippen molar-refractivity contribution < 1.29 is 19.1 Å². The van der Waals surface area contributed by atoms with Crippen molar-refractivity contribution >= 4 is 11.9 Å². The zero-order chi connectivity index (χ0) is 14.6. The number of carboxylic acids is 1. The Morgan fingerprint density at radius 2 is 1.95 bits per heavy atom. The summed E-state index contributed by atoms with van der Waals surface area (Å²) in [5, 5.41) is 11.8. The molecule has 1 amide bonds. The molecule has 0 atom stereocenters. The second-order valence-corrected chi connectivity index (χ2v) is 5.01. The van der Waals surface area contributed by atoms with E-state index in [1.165, 1.54) is 6.26 Å². The highest BCUT2D eigenvalue weighted by atomic mass is 16.4. The maximum absolute atomic E-state index is 12.3. The molecule has 5 heteroatoms. The van der Waals surface area contributed by atoms with Crippen LogP contribution in [-0.4, -0.2) is 22.5 Å². The molecule has 0 aliphatic heterocycles. The summed E-state index contributed by atoms with van der Waals surface area (Å²) in [5.74, 6) is -1.08. The lowest BCUT2D eigenvalue weighted by atomic mass is 9.94. The van der Waals surface area contributed by atoms with Crippen molar-refractivity contribution in [3.8, 4) is 0 Å². The van der Waals surface area contributed by atoms with Gasteiger partial charge in [0.15, 0.2) is 0 Å². The topological polar surface area (TPSA) is 79.5 Å². The minimum atomic E-state index is -1.02. The first-order chi connectivity index (χ1) is 8.83. The van der Waals surface area contributed by atoms with E-state index in [0.29, 0.717) is 11.1 Å². The van der Waals surface area contributed by atoms with Gasteiger partial charge >= 0.3 is 5.97 Å². The van der Waals surface area contributed by atoms with Crippen LogP contribution in [0.1, 0.15) is 55.3 Å². The summed E-state index contributed by atoms with van der Waals surface area (Å²) < 4.78 is 5.17. The Morgan fingerprint density at radius 3 is 2.42 bits per heavy atom. The van der Waals surface area contributed by atoms with E-state index in [9.17, 15) is 9.59 Å². The zero-order valence-electron chi connectivity index (χ0n) is 11.9. The molecular formula is C14H21NO4. The molecule has 1 rings (SSSR count). The molecule has 0 bridgehead atoms. The van der Waals surface area contributed by atoms with Crippen LogP contribution in [0, 0.1) is 6.92 Å². The lowest BCUT2D eigenvalue weighted by molar-refractivity contribution is -0.136. The van der Waals surface area contributed by atoms with Gasteiger partial charge in [0.05, 0.1) is 11.8 Å². The van der Waals surface area contributed by atoms with Crippen molar-refractivity contribution in [2.24, 2.45) is 0 Å². The molecule has 0 radical (unpaired) electrons. The number of hydrogen-bond donors (Lipinski definition) is 2.